The number of carbonyl (C=O) groups excluding carboxylic acids is 1. The van der Waals surface area contributed by atoms with E-state index < -0.39 is 5.60 Å². The highest BCUT2D eigenvalue weighted by Crippen LogP contribution is 2.45. The quantitative estimate of drug-likeness (QED) is 0.779. The van der Waals surface area contributed by atoms with Crippen LogP contribution >= 0.6 is 0 Å². The first kappa shape index (κ1) is 20.1. The van der Waals surface area contributed by atoms with Crippen LogP contribution in [0.4, 0.5) is 5.69 Å². The number of nitrogens with zero attached hydrogens (tertiary/aromatic N) is 1. The first-order valence-electron chi connectivity index (χ1n) is 10.8. The highest BCUT2D eigenvalue weighted by Gasteiger charge is 2.48. The summed E-state index contributed by atoms with van der Waals surface area (Å²) in [6, 6.07) is 18.6. The number of rotatable bonds is 6. The normalized spacial score (nSPS) is 27.6. The summed E-state index contributed by atoms with van der Waals surface area (Å²) in [4.78, 5) is 13.7. The summed E-state index contributed by atoms with van der Waals surface area (Å²) in [6.07, 6.45) is 2.61. The second-order valence-corrected chi connectivity index (χ2v) is 9.24. The number of aliphatic hydroxyl groups is 1. The molecule has 29 heavy (non-hydrogen) atoms. The highest BCUT2D eigenvalue weighted by molar-refractivity contribution is 5.88. The molecule has 2 aromatic rings. The van der Waals surface area contributed by atoms with Gasteiger partial charge in [0.05, 0.1) is 5.60 Å². The second-order valence-electron chi connectivity index (χ2n) is 9.24. The fraction of sp³-hybridized carbons (Fsp3) is 0.480. The Labute approximate surface area is 173 Å². The van der Waals surface area contributed by atoms with Crippen molar-refractivity contribution in [1.29, 1.82) is 0 Å². The van der Waals surface area contributed by atoms with Crippen molar-refractivity contribution in [3.63, 3.8) is 0 Å². The van der Waals surface area contributed by atoms with Crippen LogP contribution in [-0.2, 0) is 11.2 Å². The van der Waals surface area contributed by atoms with E-state index in [1.54, 1.807) is 0 Å². The minimum absolute atomic E-state index is 0.0402. The fourth-order valence-electron chi connectivity index (χ4n) is 5.42. The number of hydrogen-bond acceptors (Lipinski definition) is 3. The summed E-state index contributed by atoms with van der Waals surface area (Å²) in [5.41, 5.74) is 2.86. The van der Waals surface area contributed by atoms with E-state index in [9.17, 15) is 9.90 Å². The van der Waals surface area contributed by atoms with Gasteiger partial charge in [0, 0.05) is 38.7 Å². The number of nitrogens with one attached hydrogen (secondary N) is 1. The summed E-state index contributed by atoms with van der Waals surface area (Å²) >= 11 is 0. The molecule has 2 unspecified atom stereocenters. The molecule has 0 radical (unpaired) electrons. The lowest BCUT2D eigenvalue weighted by atomic mass is 9.91. The average Bonchev–Trinajstić information content (AvgIpc) is 3.16. The van der Waals surface area contributed by atoms with E-state index >= 15 is 0 Å². The minimum Gasteiger partial charge on any atom is -0.390 e. The predicted molar refractivity (Wildman–Crippen MR) is 117 cm³/mol. The first-order valence-corrected chi connectivity index (χ1v) is 10.8. The molecule has 4 nitrogen and oxygen atoms in total. The van der Waals surface area contributed by atoms with Crippen molar-refractivity contribution in [2.75, 3.05) is 25.0 Å². The molecule has 4 atom stereocenters. The van der Waals surface area contributed by atoms with E-state index in [-0.39, 0.29) is 5.91 Å². The van der Waals surface area contributed by atoms with Crippen LogP contribution in [-0.4, -0.2) is 41.1 Å². The Kier molecular flexibility index (Phi) is 5.75. The van der Waals surface area contributed by atoms with Crippen molar-refractivity contribution >= 4 is 11.6 Å². The van der Waals surface area contributed by atoms with Crippen LogP contribution in [0.25, 0.3) is 0 Å². The summed E-state index contributed by atoms with van der Waals surface area (Å²) in [5, 5.41) is 14.0. The third kappa shape index (κ3) is 4.88. The molecule has 2 aliphatic rings. The lowest BCUT2D eigenvalue weighted by Crippen LogP contribution is -2.33. The van der Waals surface area contributed by atoms with Gasteiger partial charge in [-0.25, -0.2) is 0 Å². The van der Waals surface area contributed by atoms with Crippen LogP contribution in [0, 0.1) is 11.8 Å². The zero-order chi connectivity index (χ0) is 20.4. The Morgan fingerprint density at radius 2 is 1.72 bits per heavy atom. The summed E-state index contributed by atoms with van der Waals surface area (Å²) < 4.78 is 0. The zero-order valence-corrected chi connectivity index (χ0v) is 17.5. The molecule has 154 valence electrons. The van der Waals surface area contributed by atoms with E-state index in [0.29, 0.717) is 17.8 Å². The fourth-order valence-corrected chi connectivity index (χ4v) is 5.42. The Bertz CT molecular complexity index is 820. The van der Waals surface area contributed by atoms with Gasteiger partial charge in [0.2, 0.25) is 5.91 Å². The molecule has 1 heterocycles. The van der Waals surface area contributed by atoms with Gasteiger partial charge in [0.25, 0.3) is 0 Å². The molecule has 4 heteroatoms. The molecular formula is C25H32N2O2. The lowest BCUT2D eigenvalue weighted by molar-refractivity contribution is -0.114. The van der Waals surface area contributed by atoms with Gasteiger partial charge in [0.1, 0.15) is 0 Å². The van der Waals surface area contributed by atoms with E-state index in [0.717, 1.165) is 44.6 Å². The van der Waals surface area contributed by atoms with E-state index in [2.05, 4.69) is 53.5 Å². The number of fused-ring (bicyclic) bond motifs is 1. The van der Waals surface area contributed by atoms with Crippen molar-refractivity contribution in [2.24, 2.45) is 11.8 Å². The Balaban J connectivity index is 1.29. The van der Waals surface area contributed by atoms with Gasteiger partial charge >= 0.3 is 0 Å². The van der Waals surface area contributed by atoms with Crippen molar-refractivity contribution < 1.29 is 9.90 Å². The standard InChI is InChI=1S/C25H32N2O2/c1-18(21-8-10-24(11-9-21)26-19(2)28)15-27-16-22-13-25(29,14-23(22)17-27)12-20-6-4-3-5-7-20/h3-11,18,22-23,29H,12-17H2,1-2H3,(H,26,28)/t18?,22-,23+,25?. The highest BCUT2D eigenvalue weighted by atomic mass is 16.3. The maximum absolute atomic E-state index is 11.2. The molecule has 1 saturated carbocycles. The summed E-state index contributed by atoms with van der Waals surface area (Å²) in [7, 11) is 0. The van der Waals surface area contributed by atoms with Crippen LogP contribution in [0.3, 0.4) is 0 Å². The SMILES string of the molecule is CC(=O)Nc1ccc(C(C)CN2C[C@@H]3CC(O)(Cc4ccccc4)C[C@@H]3C2)cc1. The largest absolute Gasteiger partial charge is 0.390 e. The van der Waals surface area contributed by atoms with Crippen LogP contribution in [0.1, 0.15) is 43.7 Å². The molecular weight excluding hydrogens is 360 g/mol. The maximum atomic E-state index is 11.2. The van der Waals surface area contributed by atoms with E-state index in [1.165, 1.54) is 18.1 Å². The Morgan fingerprint density at radius 3 is 2.31 bits per heavy atom. The summed E-state index contributed by atoms with van der Waals surface area (Å²) in [5.74, 6) is 1.63. The number of carbonyl (C=O) groups is 1. The number of anilines is 1. The average molecular weight is 393 g/mol. The molecule has 1 amide bonds. The molecule has 1 saturated heterocycles. The monoisotopic (exact) mass is 392 g/mol. The third-order valence-electron chi connectivity index (χ3n) is 6.64. The molecule has 4 rings (SSSR count). The van der Waals surface area contributed by atoms with Crippen LogP contribution in [0.2, 0.25) is 0 Å². The smallest absolute Gasteiger partial charge is 0.221 e. The Hall–Kier alpha value is -2.17. The third-order valence-corrected chi connectivity index (χ3v) is 6.64. The maximum Gasteiger partial charge on any atom is 0.221 e. The van der Waals surface area contributed by atoms with Gasteiger partial charge in [-0.15, -0.1) is 0 Å². The van der Waals surface area contributed by atoms with Gasteiger partial charge < -0.3 is 15.3 Å². The van der Waals surface area contributed by atoms with Gasteiger partial charge in [-0.2, -0.15) is 0 Å². The van der Waals surface area contributed by atoms with Gasteiger partial charge in [-0.05, 0) is 53.9 Å². The predicted octanol–water partition coefficient (Wildman–Crippen LogP) is 4.06. The van der Waals surface area contributed by atoms with Crippen LogP contribution < -0.4 is 5.32 Å². The van der Waals surface area contributed by atoms with E-state index in [1.807, 2.05) is 18.2 Å². The van der Waals surface area contributed by atoms with Gasteiger partial charge in [-0.3, -0.25) is 4.79 Å². The molecule has 0 bridgehead atoms. The lowest BCUT2D eigenvalue weighted by Gasteiger charge is -2.27. The second kappa shape index (κ2) is 8.29. The van der Waals surface area contributed by atoms with Gasteiger partial charge in [0.15, 0.2) is 0 Å². The first-order chi connectivity index (χ1) is 13.9. The zero-order valence-electron chi connectivity index (χ0n) is 17.5. The van der Waals surface area contributed by atoms with E-state index in [4.69, 9.17) is 0 Å². The van der Waals surface area contributed by atoms with Crippen molar-refractivity contribution in [2.45, 2.75) is 44.6 Å². The molecule has 1 aliphatic carbocycles. The molecule has 2 aromatic carbocycles. The Morgan fingerprint density at radius 1 is 1.10 bits per heavy atom. The summed E-state index contributed by atoms with van der Waals surface area (Å²) in [6.45, 7) is 7.03. The molecule has 0 aromatic heterocycles. The van der Waals surface area contributed by atoms with Crippen molar-refractivity contribution in [3.8, 4) is 0 Å². The number of benzene rings is 2. The molecule has 0 spiro atoms. The van der Waals surface area contributed by atoms with Gasteiger partial charge in [-0.1, -0.05) is 49.4 Å². The van der Waals surface area contributed by atoms with Crippen molar-refractivity contribution in [3.05, 3.63) is 65.7 Å². The number of hydrogen-bond donors (Lipinski definition) is 2. The van der Waals surface area contributed by atoms with Crippen LogP contribution in [0.15, 0.2) is 54.6 Å². The molecule has 2 fully saturated rings. The minimum atomic E-state index is -0.534. The molecule has 2 N–H and O–H groups in total. The number of likely N-dealkylation sites (tertiary alicyclic amines) is 1. The van der Waals surface area contributed by atoms with Crippen LogP contribution in [0.5, 0.6) is 0 Å². The molecule has 1 aliphatic heterocycles. The van der Waals surface area contributed by atoms with Crippen molar-refractivity contribution in [1.82, 2.24) is 4.90 Å². The topological polar surface area (TPSA) is 52.6 Å². The number of amides is 1.